The van der Waals surface area contributed by atoms with Gasteiger partial charge in [0.15, 0.2) is 5.78 Å². The number of hydrogen-bond donors (Lipinski definition) is 0. The number of hydrogen-bond acceptors (Lipinski definition) is 1. The Balaban J connectivity index is 2.32. The highest BCUT2D eigenvalue weighted by molar-refractivity contribution is 5.95. The van der Waals surface area contributed by atoms with Crippen molar-refractivity contribution in [2.24, 2.45) is 0 Å². The zero-order chi connectivity index (χ0) is 16.2. The van der Waals surface area contributed by atoms with Gasteiger partial charge in [-0.15, -0.1) is 0 Å². The zero-order valence-corrected chi connectivity index (χ0v) is 13.9. The molecule has 0 saturated heterocycles. The molecule has 0 heterocycles. The molecule has 0 amide bonds. The smallest absolute Gasteiger partial charge is 0.152 e. The van der Waals surface area contributed by atoms with E-state index < -0.39 is 0 Å². The molecule has 0 radical (unpaired) electrons. The van der Waals surface area contributed by atoms with E-state index in [4.69, 9.17) is 0 Å². The summed E-state index contributed by atoms with van der Waals surface area (Å²) in [5.74, 6) is 0.0887. The highest BCUT2D eigenvalue weighted by Crippen LogP contribution is 2.26. The maximum absolute atomic E-state index is 11.6. The average molecular weight is 292 g/mol. The van der Waals surface area contributed by atoms with Crippen LogP contribution in [0.2, 0.25) is 0 Å². The fourth-order valence-electron chi connectivity index (χ4n) is 2.48. The minimum Gasteiger partial charge on any atom is -0.295 e. The lowest BCUT2D eigenvalue weighted by Crippen LogP contribution is -2.10. The molecule has 1 heteroatoms. The molecule has 0 saturated carbocycles. The van der Waals surface area contributed by atoms with Crippen LogP contribution in [0.5, 0.6) is 0 Å². The van der Waals surface area contributed by atoms with Crippen LogP contribution < -0.4 is 0 Å². The Morgan fingerprint density at radius 3 is 2.05 bits per heavy atom. The Labute approximate surface area is 133 Å². The molecule has 1 nitrogen and oxygen atoms in total. The van der Waals surface area contributed by atoms with Gasteiger partial charge in [0.1, 0.15) is 0 Å². The Kier molecular flexibility index (Phi) is 4.97. The summed E-state index contributed by atoms with van der Waals surface area (Å²) < 4.78 is 0. The Morgan fingerprint density at radius 2 is 1.55 bits per heavy atom. The number of carbonyl (C=O) groups excluding carboxylic acids is 1. The van der Waals surface area contributed by atoms with E-state index in [-0.39, 0.29) is 11.2 Å². The van der Waals surface area contributed by atoms with Crippen molar-refractivity contribution in [3.05, 3.63) is 77.4 Å². The lowest BCUT2D eigenvalue weighted by atomic mass is 9.85. The number of carbonyl (C=O) groups is 1. The van der Waals surface area contributed by atoms with Crippen molar-refractivity contribution in [3.8, 4) is 0 Å². The van der Waals surface area contributed by atoms with Crippen molar-refractivity contribution in [3.63, 3.8) is 0 Å². The Morgan fingerprint density at radius 1 is 0.955 bits per heavy atom. The van der Waals surface area contributed by atoms with Gasteiger partial charge in [0.05, 0.1) is 0 Å². The predicted octanol–water partition coefficient (Wildman–Crippen LogP) is 5.20. The van der Waals surface area contributed by atoms with E-state index in [1.54, 1.807) is 13.0 Å². The molecule has 0 aromatic heterocycles. The topological polar surface area (TPSA) is 17.1 Å². The highest BCUT2D eigenvalue weighted by atomic mass is 16.1. The first-order valence-electron chi connectivity index (χ1n) is 7.72. The van der Waals surface area contributed by atoms with Gasteiger partial charge in [0, 0.05) is 0 Å². The fourth-order valence-corrected chi connectivity index (χ4v) is 2.48. The van der Waals surface area contributed by atoms with Crippen LogP contribution in [-0.4, -0.2) is 5.78 Å². The molecular weight excluding hydrogens is 268 g/mol. The van der Waals surface area contributed by atoms with Gasteiger partial charge < -0.3 is 0 Å². The molecule has 0 N–H and O–H groups in total. The second-order valence-corrected chi connectivity index (χ2v) is 6.77. The molecule has 0 fully saturated rings. The van der Waals surface area contributed by atoms with E-state index in [9.17, 15) is 4.79 Å². The van der Waals surface area contributed by atoms with Gasteiger partial charge in [0.25, 0.3) is 0 Å². The average Bonchev–Trinajstić information content (AvgIpc) is 2.46. The van der Waals surface area contributed by atoms with E-state index >= 15 is 0 Å². The lowest BCUT2D eigenvalue weighted by molar-refractivity contribution is -0.112. The summed E-state index contributed by atoms with van der Waals surface area (Å²) in [6.07, 6.45) is 2.52. The van der Waals surface area contributed by atoms with Crippen LogP contribution in [0.15, 0.2) is 60.7 Å². The highest BCUT2D eigenvalue weighted by Gasteiger charge is 2.13. The van der Waals surface area contributed by atoms with Gasteiger partial charge in [-0.2, -0.15) is 0 Å². The van der Waals surface area contributed by atoms with Gasteiger partial charge in [-0.25, -0.2) is 0 Å². The van der Waals surface area contributed by atoms with Crippen molar-refractivity contribution >= 4 is 11.4 Å². The quantitative estimate of drug-likeness (QED) is 0.708. The van der Waals surface area contributed by atoms with E-state index in [1.807, 2.05) is 18.2 Å². The largest absolute Gasteiger partial charge is 0.295 e. The standard InChI is InChI=1S/C21H24O/c1-16(22)14-19(15-17-8-6-5-7-9-17)18-10-12-20(13-11-18)21(2,3)4/h5-14H,15H2,1-4H3/b19-14+. The summed E-state index contributed by atoms with van der Waals surface area (Å²) in [7, 11) is 0. The van der Waals surface area contributed by atoms with Crippen molar-refractivity contribution in [2.45, 2.75) is 39.5 Å². The fraction of sp³-hybridized carbons (Fsp3) is 0.286. The first kappa shape index (κ1) is 16.2. The van der Waals surface area contributed by atoms with E-state index in [1.165, 1.54) is 11.1 Å². The lowest BCUT2D eigenvalue weighted by Gasteiger charge is -2.19. The van der Waals surface area contributed by atoms with E-state index in [0.29, 0.717) is 0 Å². The number of allylic oxidation sites excluding steroid dienone is 2. The molecule has 0 bridgehead atoms. The number of benzene rings is 2. The molecule has 0 aliphatic rings. The third-order valence-corrected chi connectivity index (χ3v) is 3.74. The summed E-state index contributed by atoms with van der Waals surface area (Å²) in [6.45, 7) is 8.23. The molecule has 2 aromatic rings. The molecule has 0 aliphatic heterocycles. The van der Waals surface area contributed by atoms with Crippen molar-refractivity contribution < 1.29 is 4.79 Å². The monoisotopic (exact) mass is 292 g/mol. The van der Waals surface area contributed by atoms with Crippen LogP contribution in [0.4, 0.5) is 0 Å². The van der Waals surface area contributed by atoms with Gasteiger partial charge in [-0.05, 0) is 47.1 Å². The van der Waals surface area contributed by atoms with Crippen LogP contribution in [0, 0.1) is 0 Å². The third kappa shape index (κ3) is 4.42. The minimum absolute atomic E-state index is 0.0887. The van der Waals surface area contributed by atoms with Gasteiger partial charge in [0.2, 0.25) is 0 Å². The molecule has 0 spiro atoms. The third-order valence-electron chi connectivity index (χ3n) is 3.74. The van der Waals surface area contributed by atoms with Crippen molar-refractivity contribution in [2.75, 3.05) is 0 Å². The maximum Gasteiger partial charge on any atom is 0.152 e. The SMILES string of the molecule is CC(=O)/C=C(\Cc1ccccc1)c1ccc(C(C)(C)C)cc1. The Bertz CT molecular complexity index is 655. The summed E-state index contributed by atoms with van der Waals surface area (Å²) >= 11 is 0. The van der Waals surface area contributed by atoms with Gasteiger partial charge >= 0.3 is 0 Å². The normalized spacial score (nSPS) is 12.3. The van der Waals surface area contributed by atoms with Crippen LogP contribution in [-0.2, 0) is 16.6 Å². The molecule has 2 rings (SSSR count). The second-order valence-electron chi connectivity index (χ2n) is 6.77. The molecular formula is C21H24O. The molecule has 2 aromatic carbocycles. The van der Waals surface area contributed by atoms with Crippen LogP contribution in [0.1, 0.15) is 44.4 Å². The second kappa shape index (κ2) is 6.74. The maximum atomic E-state index is 11.6. The van der Waals surface area contributed by atoms with E-state index in [2.05, 4.69) is 57.2 Å². The minimum atomic E-state index is 0.0887. The predicted molar refractivity (Wildman–Crippen MR) is 93.9 cm³/mol. The van der Waals surface area contributed by atoms with Crippen molar-refractivity contribution in [1.82, 2.24) is 0 Å². The molecule has 0 aliphatic carbocycles. The first-order chi connectivity index (χ1) is 10.4. The van der Waals surface area contributed by atoms with Gasteiger partial charge in [-0.3, -0.25) is 4.79 Å². The molecule has 0 atom stereocenters. The number of rotatable bonds is 4. The van der Waals surface area contributed by atoms with Gasteiger partial charge in [-0.1, -0.05) is 75.4 Å². The van der Waals surface area contributed by atoms with Crippen LogP contribution >= 0.6 is 0 Å². The Hall–Kier alpha value is -2.15. The summed E-state index contributed by atoms with van der Waals surface area (Å²) in [6, 6.07) is 18.8. The summed E-state index contributed by atoms with van der Waals surface area (Å²) in [4.78, 5) is 11.6. The zero-order valence-electron chi connectivity index (χ0n) is 13.9. The molecule has 22 heavy (non-hydrogen) atoms. The summed E-state index contributed by atoms with van der Waals surface area (Å²) in [5.41, 5.74) is 4.85. The number of ketones is 1. The summed E-state index contributed by atoms with van der Waals surface area (Å²) in [5, 5.41) is 0. The van der Waals surface area contributed by atoms with E-state index in [0.717, 1.165) is 17.6 Å². The van der Waals surface area contributed by atoms with Crippen LogP contribution in [0.25, 0.3) is 5.57 Å². The molecule has 114 valence electrons. The first-order valence-corrected chi connectivity index (χ1v) is 7.72. The molecule has 0 unspecified atom stereocenters. The van der Waals surface area contributed by atoms with Crippen molar-refractivity contribution in [1.29, 1.82) is 0 Å². The van der Waals surface area contributed by atoms with Crippen LogP contribution in [0.3, 0.4) is 0 Å².